The highest BCUT2D eigenvalue weighted by molar-refractivity contribution is 5.99. The van der Waals surface area contributed by atoms with Gasteiger partial charge in [-0.2, -0.15) is 0 Å². The van der Waals surface area contributed by atoms with Gasteiger partial charge in [0.25, 0.3) is 11.6 Å². The SMILES string of the molecule is CCN(Cc1ccc2c(c1)OCO2)C(=O)c1cc2c(cc1[N+](=O)[O-])OCCO2. The van der Waals surface area contributed by atoms with E-state index in [4.69, 9.17) is 18.9 Å². The van der Waals surface area contributed by atoms with Gasteiger partial charge < -0.3 is 23.8 Å². The molecule has 0 aliphatic carbocycles. The third-order valence-electron chi connectivity index (χ3n) is 4.57. The lowest BCUT2D eigenvalue weighted by molar-refractivity contribution is -0.385. The molecule has 2 aromatic carbocycles. The van der Waals surface area contributed by atoms with Gasteiger partial charge in [-0.15, -0.1) is 0 Å². The molecule has 28 heavy (non-hydrogen) atoms. The van der Waals surface area contributed by atoms with Gasteiger partial charge in [-0.25, -0.2) is 0 Å². The summed E-state index contributed by atoms with van der Waals surface area (Å²) in [6.45, 7) is 3.26. The predicted octanol–water partition coefficient (Wildman–Crippen LogP) is 2.76. The van der Waals surface area contributed by atoms with E-state index in [1.54, 1.807) is 12.1 Å². The smallest absolute Gasteiger partial charge is 0.286 e. The first-order valence-corrected chi connectivity index (χ1v) is 8.82. The molecule has 4 rings (SSSR count). The number of fused-ring (bicyclic) bond motifs is 2. The lowest BCUT2D eigenvalue weighted by atomic mass is 10.1. The van der Waals surface area contributed by atoms with Crippen LogP contribution in [0, 0.1) is 10.1 Å². The molecule has 0 saturated carbocycles. The lowest BCUT2D eigenvalue weighted by Crippen LogP contribution is -2.31. The Hall–Kier alpha value is -3.49. The van der Waals surface area contributed by atoms with E-state index in [9.17, 15) is 14.9 Å². The van der Waals surface area contributed by atoms with E-state index in [0.29, 0.717) is 37.0 Å². The van der Waals surface area contributed by atoms with Crippen molar-refractivity contribution in [2.75, 3.05) is 26.6 Å². The van der Waals surface area contributed by atoms with Crippen LogP contribution in [0.1, 0.15) is 22.8 Å². The Balaban J connectivity index is 1.64. The maximum Gasteiger partial charge on any atom is 0.286 e. The second-order valence-corrected chi connectivity index (χ2v) is 6.28. The van der Waals surface area contributed by atoms with Crippen molar-refractivity contribution in [3.05, 3.63) is 51.6 Å². The van der Waals surface area contributed by atoms with Gasteiger partial charge in [0.2, 0.25) is 6.79 Å². The highest BCUT2D eigenvalue weighted by atomic mass is 16.7. The molecule has 0 aromatic heterocycles. The minimum Gasteiger partial charge on any atom is -0.486 e. The molecule has 0 spiro atoms. The second kappa shape index (κ2) is 7.26. The Bertz CT molecular complexity index is 944. The Labute approximate surface area is 160 Å². The van der Waals surface area contributed by atoms with Crippen molar-refractivity contribution in [1.82, 2.24) is 4.90 Å². The van der Waals surface area contributed by atoms with E-state index in [2.05, 4.69) is 0 Å². The first-order chi connectivity index (χ1) is 13.6. The summed E-state index contributed by atoms with van der Waals surface area (Å²) < 4.78 is 21.5. The van der Waals surface area contributed by atoms with Crippen LogP contribution in [-0.2, 0) is 6.54 Å². The summed E-state index contributed by atoms with van der Waals surface area (Å²) in [7, 11) is 0. The van der Waals surface area contributed by atoms with Gasteiger partial charge in [0.1, 0.15) is 18.8 Å². The number of hydrogen-bond acceptors (Lipinski definition) is 7. The molecule has 2 aromatic rings. The summed E-state index contributed by atoms with van der Waals surface area (Å²) in [5.74, 6) is 1.42. The van der Waals surface area contributed by atoms with Gasteiger partial charge in [-0.1, -0.05) is 6.07 Å². The average molecular weight is 386 g/mol. The van der Waals surface area contributed by atoms with E-state index < -0.39 is 10.8 Å². The monoisotopic (exact) mass is 386 g/mol. The molecular weight excluding hydrogens is 368 g/mol. The van der Waals surface area contributed by atoms with E-state index in [-0.39, 0.29) is 30.3 Å². The topological polar surface area (TPSA) is 100 Å². The molecular formula is C19H18N2O7. The number of nitro benzene ring substituents is 1. The fraction of sp³-hybridized carbons (Fsp3) is 0.316. The third kappa shape index (κ3) is 3.26. The van der Waals surface area contributed by atoms with Gasteiger partial charge in [0, 0.05) is 19.2 Å². The number of amides is 1. The van der Waals surface area contributed by atoms with E-state index in [1.807, 2.05) is 13.0 Å². The van der Waals surface area contributed by atoms with E-state index in [1.165, 1.54) is 17.0 Å². The number of hydrogen-bond donors (Lipinski definition) is 0. The zero-order chi connectivity index (χ0) is 19.7. The van der Waals surface area contributed by atoms with Crippen molar-refractivity contribution in [1.29, 1.82) is 0 Å². The molecule has 9 heteroatoms. The van der Waals surface area contributed by atoms with Crippen molar-refractivity contribution in [3.63, 3.8) is 0 Å². The lowest BCUT2D eigenvalue weighted by Gasteiger charge is -2.23. The Morgan fingerprint density at radius 3 is 2.43 bits per heavy atom. The number of nitro groups is 1. The van der Waals surface area contributed by atoms with Crippen LogP contribution in [0.25, 0.3) is 0 Å². The summed E-state index contributed by atoms with van der Waals surface area (Å²) in [5, 5.41) is 11.5. The number of ether oxygens (including phenoxy) is 4. The molecule has 0 atom stereocenters. The maximum absolute atomic E-state index is 13.1. The van der Waals surface area contributed by atoms with Crippen LogP contribution in [0.4, 0.5) is 5.69 Å². The molecule has 0 fully saturated rings. The van der Waals surface area contributed by atoms with Crippen LogP contribution < -0.4 is 18.9 Å². The van der Waals surface area contributed by atoms with Crippen LogP contribution in [0.15, 0.2) is 30.3 Å². The molecule has 0 unspecified atom stereocenters. The van der Waals surface area contributed by atoms with Gasteiger partial charge in [0.15, 0.2) is 23.0 Å². The molecule has 9 nitrogen and oxygen atoms in total. The van der Waals surface area contributed by atoms with Crippen molar-refractivity contribution in [2.24, 2.45) is 0 Å². The van der Waals surface area contributed by atoms with Crippen molar-refractivity contribution in [2.45, 2.75) is 13.5 Å². The van der Waals surface area contributed by atoms with Crippen molar-refractivity contribution in [3.8, 4) is 23.0 Å². The van der Waals surface area contributed by atoms with Crippen LogP contribution >= 0.6 is 0 Å². The fourth-order valence-electron chi connectivity index (χ4n) is 3.16. The molecule has 2 aliphatic heterocycles. The quantitative estimate of drug-likeness (QED) is 0.575. The van der Waals surface area contributed by atoms with Gasteiger partial charge >= 0.3 is 0 Å². The summed E-state index contributed by atoms with van der Waals surface area (Å²) >= 11 is 0. The summed E-state index contributed by atoms with van der Waals surface area (Å²) in [6.07, 6.45) is 0. The number of nitrogens with zero attached hydrogens (tertiary/aromatic N) is 2. The largest absolute Gasteiger partial charge is 0.486 e. The second-order valence-electron chi connectivity index (χ2n) is 6.28. The zero-order valence-electron chi connectivity index (χ0n) is 15.2. The zero-order valence-corrected chi connectivity index (χ0v) is 15.2. The summed E-state index contributed by atoms with van der Waals surface area (Å²) in [5.41, 5.74) is 0.495. The predicted molar refractivity (Wildman–Crippen MR) is 97.1 cm³/mol. The molecule has 2 heterocycles. The standard InChI is InChI=1S/C19H18N2O7/c1-2-20(10-12-3-4-15-16(7-12)28-11-27-15)19(22)13-8-17-18(26-6-5-25-17)9-14(13)21(23)24/h3-4,7-9H,2,5-6,10-11H2,1H3. The molecule has 0 N–H and O–H groups in total. The molecule has 0 radical (unpaired) electrons. The van der Waals surface area contributed by atoms with Crippen molar-refractivity contribution < 1.29 is 28.7 Å². The van der Waals surface area contributed by atoms with Gasteiger partial charge in [0.05, 0.1) is 11.0 Å². The van der Waals surface area contributed by atoms with Crippen LogP contribution in [0.3, 0.4) is 0 Å². The van der Waals surface area contributed by atoms with Crippen molar-refractivity contribution >= 4 is 11.6 Å². The molecule has 2 aliphatic rings. The molecule has 0 bridgehead atoms. The Morgan fingerprint density at radius 2 is 1.71 bits per heavy atom. The number of benzene rings is 2. The number of carbonyl (C=O) groups excluding carboxylic acids is 1. The number of rotatable bonds is 5. The third-order valence-corrected chi connectivity index (χ3v) is 4.57. The number of carbonyl (C=O) groups is 1. The normalized spacial score (nSPS) is 13.9. The fourth-order valence-corrected chi connectivity index (χ4v) is 3.16. The highest BCUT2D eigenvalue weighted by Crippen LogP contribution is 2.37. The average Bonchev–Trinajstić information content (AvgIpc) is 3.18. The molecule has 146 valence electrons. The minimum absolute atomic E-state index is 0.0307. The van der Waals surface area contributed by atoms with Crippen LogP contribution in [0.2, 0.25) is 0 Å². The maximum atomic E-state index is 13.1. The Kier molecular flexibility index (Phi) is 4.64. The van der Waals surface area contributed by atoms with E-state index >= 15 is 0 Å². The molecule has 0 saturated heterocycles. The van der Waals surface area contributed by atoms with Crippen LogP contribution in [0.5, 0.6) is 23.0 Å². The van der Waals surface area contributed by atoms with Gasteiger partial charge in [-0.3, -0.25) is 14.9 Å². The highest BCUT2D eigenvalue weighted by Gasteiger charge is 2.29. The van der Waals surface area contributed by atoms with Crippen LogP contribution in [-0.4, -0.2) is 42.3 Å². The van der Waals surface area contributed by atoms with E-state index in [0.717, 1.165) is 5.56 Å². The summed E-state index contributed by atoms with van der Waals surface area (Å²) in [6, 6.07) is 8.05. The minimum atomic E-state index is -0.583. The van der Waals surface area contributed by atoms with Gasteiger partial charge in [-0.05, 0) is 24.6 Å². The Morgan fingerprint density at radius 1 is 1.04 bits per heavy atom. The molecule has 1 amide bonds. The first-order valence-electron chi connectivity index (χ1n) is 8.82. The first kappa shape index (κ1) is 17.9. The summed E-state index contributed by atoms with van der Waals surface area (Å²) in [4.78, 5) is 25.6.